The van der Waals surface area contributed by atoms with Crippen LogP contribution in [0.4, 0.5) is 11.4 Å². The summed E-state index contributed by atoms with van der Waals surface area (Å²) in [5.41, 5.74) is 2.12. The second-order valence-electron chi connectivity index (χ2n) is 6.46. The Balaban J connectivity index is 1.53. The van der Waals surface area contributed by atoms with Gasteiger partial charge < -0.3 is 19.1 Å². The average molecular weight is 325 g/mol. The second-order valence-corrected chi connectivity index (χ2v) is 6.46. The van der Waals surface area contributed by atoms with Crippen LogP contribution in [-0.2, 0) is 0 Å². The summed E-state index contributed by atoms with van der Waals surface area (Å²) in [7, 11) is 0. The molecule has 5 heteroatoms. The lowest BCUT2D eigenvalue weighted by Gasteiger charge is -2.38. The van der Waals surface area contributed by atoms with E-state index in [2.05, 4.69) is 15.9 Å². The molecule has 2 aliphatic heterocycles. The van der Waals surface area contributed by atoms with Crippen molar-refractivity contribution >= 4 is 17.3 Å². The number of furan rings is 1. The van der Waals surface area contributed by atoms with Crippen molar-refractivity contribution < 1.29 is 9.21 Å². The van der Waals surface area contributed by atoms with Gasteiger partial charge in [-0.1, -0.05) is 12.1 Å². The summed E-state index contributed by atoms with van der Waals surface area (Å²) in [5, 5.41) is 0. The van der Waals surface area contributed by atoms with E-state index in [0.717, 1.165) is 31.0 Å². The third-order valence-corrected chi connectivity index (χ3v) is 4.97. The van der Waals surface area contributed by atoms with Crippen LogP contribution in [-0.4, -0.2) is 50.1 Å². The molecule has 0 aliphatic carbocycles. The molecule has 4 rings (SSSR count). The number of amides is 1. The fourth-order valence-electron chi connectivity index (χ4n) is 3.67. The van der Waals surface area contributed by atoms with Gasteiger partial charge in [0.15, 0.2) is 5.76 Å². The number of nitrogens with zero attached hydrogens (tertiary/aromatic N) is 3. The van der Waals surface area contributed by atoms with E-state index in [0.29, 0.717) is 12.3 Å². The third kappa shape index (κ3) is 2.91. The molecule has 0 bridgehead atoms. The zero-order valence-electron chi connectivity index (χ0n) is 13.9. The topological polar surface area (TPSA) is 39.9 Å². The smallest absolute Gasteiger partial charge is 0.294 e. The Morgan fingerprint density at radius 3 is 2.46 bits per heavy atom. The van der Waals surface area contributed by atoms with E-state index in [1.807, 2.05) is 23.1 Å². The summed E-state index contributed by atoms with van der Waals surface area (Å²) in [6, 6.07) is 11.7. The summed E-state index contributed by atoms with van der Waals surface area (Å²) < 4.78 is 5.29. The molecule has 5 nitrogen and oxygen atoms in total. The van der Waals surface area contributed by atoms with Crippen molar-refractivity contribution in [1.29, 1.82) is 0 Å². The predicted molar refractivity (Wildman–Crippen MR) is 94.7 cm³/mol. The van der Waals surface area contributed by atoms with Crippen LogP contribution >= 0.6 is 0 Å². The number of fused-ring (bicyclic) bond motifs is 1. The molecule has 0 atom stereocenters. The molecule has 0 N–H and O–H groups in total. The van der Waals surface area contributed by atoms with E-state index >= 15 is 0 Å². The van der Waals surface area contributed by atoms with Crippen LogP contribution in [0.25, 0.3) is 0 Å². The highest BCUT2D eigenvalue weighted by Crippen LogP contribution is 2.33. The van der Waals surface area contributed by atoms with Gasteiger partial charge in [0.25, 0.3) is 5.91 Å². The van der Waals surface area contributed by atoms with Gasteiger partial charge in [-0.3, -0.25) is 4.79 Å². The molecule has 3 heterocycles. The molecule has 126 valence electrons. The van der Waals surface area contributed by atoms with Gasteiger partial charge in [0.2, 0.25) is 0 Å². The molecule has 0 spiro atoms. The van der Waals surface area contributed by atoms with Crippen molar-refractivity contribution in [3.05, 3.63) is 48.4 Å². The lowest BCUT2D eigenvalue weighted by molar-refractivity contribution is 0.0960. The molecule has 2 aliphatic rings. The van der Waals surface area contributed by atoms with Crippen LogP contribution in [0.3, 0.4) is 0 Å². The summed E-state index contributed by atoms with van der Waals surface area (Å²) in [5.74, 6) is 0.335. The quantitative estimate of drug-likeness (QED) is 0.867. The van der Waals surface area contributed by atoms with Gasteiger partial charge in [0.1, 0.15) is 0 Å². The summed E-state index contributed by atoms with van der Waals surface area (Å²) in [6.07, 6.45) is 4.19. The molecule has 1 fully saturated rings. The highest BCUT2D eigenvalue weighted by molar-refractivity contribution is 6.06. The van der Waals surface area contributed by atoms with E-state index in [9.17, 15) is 4.79 Å². The number of benzene rings is 1. The van der Waals surface area contributed by atoms with Crippen LogP contribution in [0.1, 0.15) is 23.4 Å². The minimum atomic E-state index is -0.0633. The maximum atomic E-state index is 12.7. The normalized spacial score (nSPS) is 18.0. The fraction of sp³-hybridized carbons (Fsp3) is 0.421. The molecule has 0 radical (unpaired) electrons. The molecular weight excluding hydrogens is 302 g/mol. The molecule has 1 amide bonds. The number of para-hydroxylation sites is 2. The maximum absolute atomic E-state index is 12.7. The van der Waals surface area contributed by atoms with Crippen molar-refractivity contribution in [2.75, 3.05) is 49.1 Å². The Morgan fingerprint density at radius 1 is 0.917 bits per heavy atom. The number of hydrogen-bond acceptors (Lipinski definition) is 4. The Morgan fingerprint density at radius 2 is 1.71 bits per heavy atom. The maximum Gasteiger partial charge on any atom is 0.294 e. The lowest BCUT2D eigenvalue weighted by atomic mass is 10.1. The summed E-state index contributed by atoms with van der Waals surface area (Å²) in [4.78, 5) is 19.5. The zero-order valence-corrected chi connectivity index (χ0v) is 13.9. The van der Waals surface area contributed by atoms with Crippen molar-refractivity contribution in [2.45, 2.75) is 12.8 Å². The number of likely N-dealkylation sites (tertiary alicyclic amines) is 1. The molecule has 0 unspecified atom stereocenters. The van der Waals surface area contributed by atoms with E-state index in [1.165, 1.54) is 25.9 Å². The second kappa shape index (κ2) is 6.69. The number of rotatable bonds is 4. The standard InChI is InChI=1S/C19H23N3O2/c23-19(18-8-5-15-24-18)22-14-13-21(12-11-20-9-3-4-10-20)16-6-1-2-7-17(16)22/h1-2,5-8,15H,3-4,9-14H2. The highest BCUT2D eigenvalue weighted by Gasteiger charge is 2.28. The van der Waals surface area contributed by atoms with Gasteiger partial charge >= 0.3 is 0 Å². The highest BCUT2D eigenvalue weighted by atomic mass is 16.3. The Hall–Kier alpha value is -2.27. The molecule has 0 saturated carbocycles. The van der Waals surface area contributed by atoms with Crippen molar-refractivity contribution in [3.8, 4) is 0 Å². The van der Waals surface area contributed by atoms with Crippen LogP contribution in [0.5, 0.6) is 0 Å². The van der Waals surface area contributed by atoms with Gasteiger partial charge in [-0.15, -0.1) is 0 Å². The SMILES string of the molecule is O=C(c1ccco1)N1CCN(CCN2CCCC2)c2ccccc21. The lowest BCUT2D eigenvalue weighted by Crippen LogP contribution is -2.46. The summed E-state index contributed by atoms with van der Waals surface area (Å²) >= 11 is 0. The molecule has 1 aromatic heterocycles. The number of anilines is 2. The van der Waals surface area contributed by atoms with E-state index in [-0.39, 0.29) is 5.91 Å². The van der Waals surface area contributed by atoms with E-state index in [4.69, 9.17) is 4.42 Å². The molecular formula is C19H23N3O2. The Kier molecular flexibility index (Phi) is 4.26. The van der Waals surface area contributed by atoms with Gasteiger partial charge in [0.05, 0.1) is 17.6 Å². The fourth-order valence-corrected chi connectivity index (χ4v) is 3.67. The van der Waals surface area contributed by atoms with Crippen LogP contribution in [0.2, 0.25) is 0 Å². The van der Waals surface area contributed by atoms with Gasteiger partial charge in [-0.25, -0.2) is 0 Å². The van der Waals surface area contributed by atoms with Gasteiger partial charge in [-0.05, 0) is 50.2 Å². The van der Waals surface area contributed by atoms with Crippen LogP contribution in [0, 0.1) is 0 Å². The number of carbonyl (C=O) groups is 1. The number of carbonyl (C=O) groups excluding carboxylic acids is 1. The van der Waals surface area contributed by atoms with Crippen molar-refractivity contribution in [2.24, 2.45) is 0 Å². The van der Waals surface area contributed by atoms with Gasteiger partial charge in [0, 0.05) is 26.2 Å². The van der Waals surface area contributed by atoms with Crippen molar-refractivity contribution in [3.63, 3.8) is 0 Å². The van der Waals surface area contributed by atoms with Gasteiger partial charge in [-0.2, -0.15) is 0 Å². The number of hydrogen-bond donors (Lipinski definition) is 0. The monoisotopic (exact) mass is 325 g/mol. The minimum absolute atomic E-state index is 0.0633. The molecule has 1 saturated heterocycles. The minimum Gasteiger partial charge on any atom is -0.459 e. The first-order valence-electron chi connectivity index (χ1n) is 8.74. The average Bonchev–Trinajstić information content (AvgIpc) is 3.32. The molecule has 24 heavy (non-hydrogen) atoms. The summed E-state index contributed by atoms with van der Waals surface area (Å²) in [6.45, 7) is 6.10. The van der Waals surface area contributed by atoms with E-state index in [1.54, 1.807) is 18.4 Å². The van der Waals surface area contributed by atoms with E-state index < -0.39 is 0 Å². The Bertz CT molecular complexity index is 692. The predicted octanol–water partition coefficient (Wildman–Crippen LogP) is 2.84. The van der Waals surface area contributed by atoms with Crippen LogP contribution in [0.15, 0.2) is 47.1 Å². The first-order chi connectivity index (χ1) is 11.8. The van der Waals surface area contributed by atoms with Crippen molar-refractivity contribution in [1.82, 2.24) is 4.90 Å². The Labute approximate surface area is 142 Å². The first-order valence-corrected chi connectivity index (χ1v) is 8.74. The first kappa shape index (κ1) is 15.3. The molecule has 2 aromatic rings. The largest absolute Gasteiger partial charge is 0.459 e. The molecule has 1 aromatic carbocycles. The zero-order chi connectivity index (χ0) is 16.4. The third-order valence-electron chi connectivity index (χ3n) is 4.97. The van der Waals surface area contributed by atoms with Crippen LogP contribution < -0.4 is 9.80 Å².